The summed E-state index contributed by atoms with van der Waals surface area (Å²) in [6, 6.07) is 0.837. The summed E-state index contributed by atoms with van der Waals surface area (Å²) in [7, 11) is 2.18. The quantitative estimate of drug-likeness (QED) is 0.598. The highest BCUT2D eigenvalue weighted by Crippen LogP contribution is 2.24. The van der Waals surface area contributed by atoms with Crippen molar-refractivity contribution in [1.29, 1.82) is 0 Å². The Balaban J connectivity index is 1.98. The molecule has 3 nitrogen and oxygen atoms in total. The molecule has 1 rings (SSSR count). The highest BCUT2D eigenvalue weighted by molar-refractivity contribution is 4.82. The highest BCUT2D eigenvalue weighted by atomic mass is 16.3. The highest BCUT2D eigenvalue weighted by Gasteiger charge is 2.25. The van der Waals surface area contributed by atoms with Crippen molar-refractivity contribution in [2.45, 2.75) is 44.8 Å². The molecule has 0 heterocycles. The molecule has 0 radical (unpaired) electrons. The van der Waals surface area contributed by atoms with Gasteiger partial charge in [0, 0.05) is 25.7 Å². The third-order valence-corrected chi connectivity index (χ3v) is 3.08. The number of nitrogens with zero attached hydrogens (tertiary/aromatic N) is 1. The molecule has 1 atom stereocenters. The van der Waals surface area contributed by atoms with Crippen molar-refractivity contribution >= 4 is 0 Å². The van der Waals surface area contributed by atoms with Crippen LogP contribution in [-0.4, -0.2) is 48.3 Å². The molecular weight excluding hydrogens is 176 g/mol. The maximum atomic E-state index is 9.73. The first-order chi connectivity index (χ1) is 6.55. The number of hydrogen-bond acceptors (Lipinski definition) is 3. The van der Waals surface area contributed by atoms with Gasteiger partial charge in [-0.3, -0.25) is 0 Å². The van der Waals surface area contributed by atoms with Crippen LogP contribution >= 0.6 is 0 Å². The van der Waals surface area contributed by atoms with Crippen LogP contribution in [0.1, 0.15) is 33.1 Å². The molecule has 0 aromatic heterocycles. The van der Waals surface area contributed by atoms with Gasteiger partial charge in [-0.05, 0) is 33.2 Å². The van der Waals surface area contributed by atoms with Crippen molar-refractivity contribution in [2.24, 2.45) is 0 Å². The lowest BCUT2D eigenvalue weighted by atomic mass is 10.0. The summed E-state index contributed by atoms with van der Waals surface area (Å²) in [5.74, 6) is 0. The largest absolute Gasteiger partial charge is 0.389 e. The van der Waals surface area contributed by atoms with Crippen LogP contribution in [0.4, 0.5) is 0 Å². The molecule has 14 heavy (non-hydrogen) atoms. The van der Waals surface area contributed by atoms with Crippen LogP contribution in [0.2, 0.25) is 0 Å². The lowest BCUT2D eigenvalue weighted by molar-refractivity contribution is 0.0554. The summed E-state index contributed by atoms with van der Waals surface area (Å²) in [5.41, 5.74) is -0.543. The summed E-state index contributed by atoms with van der Waals surface area (Å²) in [6.07, 6.45) is 3.53. The number of rotatable bonds is 7. The molecule has 0 saturated heterocycles. The van der Waals surface area contributed by atoms with E-state index in [0.29, 0.717) is 6.54 Å². The molecular formula is C11H24N2O. The van der Waals surface area contributed by atoms with E-state index in [4.69, 9.17) is 0 Å². The van der Waals surface area contributed by atoms with Crippen LogP contribution in [0, 0.1) is 0 Å². The minimum absolute atomic E-state index is 0.543. The van der Waals surface area contributed by atoms with Gasteiger partial charge in [0.05, 0.1) is 5.60 Å². The average Bonchev–Trinajstić information content (AvgIpc) is 2.95. The van der Waals surface area contributed by atoms with E-state index >= 15 is 0 Å². The maximum absolute atomic E-state index is 9.73. The summed E-state index contributed by atoms with van der Waals surface area (Å²) >= 11 is 0. The lowest BCUT2D eigenvalue weighted by Crippen LogP contribution is -2.40. The molecule has 84 valence electrons. The fraction of sp³-hybridized carbons (Fsp3) is 1.00. The molecule has 0 spiro atoms. The predicted octanol–water partition coefficient (Wildman–Crippen LogP) is 0.831. The van der Waals surface area contributed by atoms with E-state index in [1.165, 1.54) is 12.8 Å². The van der Waals surface area contributed by atoms with E-state index in [0.717, 1.165) is 25.6 Å². The van der Waals surface area contributed by atoms with Gasteiger partial charge in [0.25, 0.3) is 0 Å². The van der Waals surface area contributed by atoms with E-state index in [2.05, 4.69) is 17.3 Å². The van der Waals surface area contributed by atoms with Gasteiger partial charge >= 0.3 is 0 Å². The topological polar surface area (TPSA) is 35.5 Å². The molecule has 3 heteroatoms. The zero-order chi connectivity index (χ0) is 10.6. The van der Waals surface area contributed by atoms with Gasteiger partial charge in [-0.1, -0.05) is 6.92 Å². The molecule has 1 saturated carbocycles. The van der Waals surface area contributed by atoms with Gasteiger partial charge in [0.2, 0.25) is 0 Å². The van der Waals surface area contributed by atoms with Crippen LogP contribution in [-0.2, 0) is 0 Å². The third kappa shape index (κ3) is 4.40. The Morgan fingerprint density at radius 3 is 2.64 bits per heavy atom. The molecule has 0 bridgehead atoms. The van der Waals surface area contributed by atoms with E-state index < -0.39 is 5.60 Å². The normalized spacial score (nSPS) is 21.2. The van der Waals surface area contributed by atoms with Gasteiger partial charge in [0.1, 0.15) is 0 Å². The first kappa shape index (κ1) is 12.0. The second kappa shape index (κ2) is 5.10. The molecule has 0 amide bonds. The number of aliphatic hydroxyl groups is 1. The third-order valence-electron chi connectivity index (χ3n) is 3.08. The van der Waals surface area contributed by atoms with Crippen molar-refractivity contribution in [3.05, 3.63) is 0 Å². The molecule has 1 fully saturated rings. The summed E-state index contributed by atoms with van der Waals surface area (Å²) < 4.78 is 0. The van der Waals surface area contributed by atoms with Crippen molar-refractivity contribution in [3.8, 4) is 0 Å². The van der Waals surface area contributed by atoms with Gasteiger partial charge < -0.3 is 15.3 Å². The first-order valence-corrected chi connectivity index (χ1v) is 5.68. The van der Waals surface area contributed by atoms with Crippen molar-refractivity contribution in [1.82, 2.24) is 10.2 Å². The molecule has 1 unspecified atom stereocenters. The van der Waals surface area contributed by atoms with Gasteiger partial charge in [0.15, 0.2) is 0 Å². The van der Waals surface area contributed by atoms with Crippen LogP contribution in [0.15, 0.2) is 0 Å². The van der Waals surface area contributed by atoms with E-state index in [-0.39, 0.29) is 0 Å². The van der Waals surface area contributed by atoms with Crippen LogP contribution in [0.5, 0.6) is 0 Å². The lowest BCUT2D eigenvalue weighted by Gasteiger charge is -2.23. The van der Waals surface area contributed by atoms with Crippen LogP contribution < -0.4 is 5.32 Å². The monoisotopic (exact) mass is 200 g/mol. The molecule has 0 aromatic carbocycles. The smallest absolute Gasteiger partial charge is 0.0740 e. The van der Waals surface area contributed by atoms with Crippen molar-refractivity contribution in [3.63, 3.8) is 0 Å². The summed E-state index contributed by atoms with van der Waals surface area (Å²) in [5, 5.41) is 13.0. The molecule has 0 aliphatic heterocycles. The first-order valence-electron chi connectivity index (χ1n) is 5.68. The second-order valence-electron chi connectivity index (χ2n) is 4.74. The van der Waals surface area contributed by atoms with E-state index in [1.54, 1.807) is 0 Å². The van der Waals surface area contributed by atoms with Crippen LogP contribution in [0.3, 0.4) is 0 Å². The Morgan fingerprint density at radius 2 is 2.14 bits per heavy atom. The fourth-order valence-corrected chi connectivity index (χ4v) is 1.44. The number of nitrogens with one attached hydrogen (secondary N) is 1. The van der Waals surface area contributed by atoms with Crippen LogP contribution in [0.25, 0.3) is 0 Å². The zero-order valence-corrected chi connectivity index (χ0v) is 9.71. The number of likely N-dealkylation sites (N-methyl/N-ethyl adjacent to an activating group) is 1. The minimum Gasteiger partial charge on any atom is -0.389 e. The molecule has 0 aromatic rings. The predicted molar refractivity (Wildman–Crippen MR) is 59.4 cm³/mol. The van der Waals surface area contributed by atoms with Gasteiger partial charge in [-0.25, -0.2) is 0 Å². The second-order valence-corrected chi connectivity index (χ2v) is 4.74. The van der Waals surface area contributed by atoms with Crippen molar-refractivity contribution < 1.29 is 5.11 Å². The standard InChI is InChI=1S/C11H24N2O/c1-4-11(2,14)9-12-7-8-13(3)10-5-6-10/h10,12,14H,4-9H2,1-3H3. The Bertz CT molecular complexity index is 167. The Labute approximate surface area is 87.5 Å². The Kier molecular flexibility index (Phi) is 4.35. The van der Waals surface area contributed by atoms with E-state index in [1.807, 2.05) is 13.8 Å². The zero-order valence-electron chi connectivity index (χ0n) is 9.71. The molecule has 1 aliphatic carbocycles. The fourth-order valence-electron chi connectivity index (χ4n) is 1.44. The molecule has 2 N–H and O–H groups in total. The Hall–Kier alpha value is -0.120. The van der Waals surface area contributed by atoms with Crippen molar-refractivity contribution in [2.75, 3.05) is 26.7 Å². The average molecular weight is 200 g/mol. The molecule has 1 aliphatic rings. The van der Waals surface area contributed by atoms with Gasteiger partial charge in [-0.15, -0.1) is 0 Å². The van der Waals surface area contributed by atoms with E-state index in [9.17, 15) is 5.11 Å². The summed E-state index contributed by atoms with van der Waals surface area (Å²) in [4.78, 5) is 2.40. The maximum Gasteiger partial charge on any atom is 0.0740 e. The van der Waals surface area contributed by atoms with Gasteiger partial charge in [-0.2, -0.15) is 0 Å². The minimum atomic E-state index is -0.543. The number of hydrogen-bond donors (Lipinski definition) is 2. The SMILES string of the molecule is CCC(C)(O)CNCCN(C)C1CC1. The summed E-state index contributed by atoms with van der Waals surface area (Å²) in [6.45, 7) is 6.65. The Morgan fingerprint density at radius 1 is 1.50 bits per heavy atom.